The lowest BCUT2D eigenvalue weighted by molar-refractivity contribution is 0.257. The first-order valence-corrected chi connectivity index (χ1v) is 7.83. The van der Waals surface area contributed by atoms with Crippen molar-refractivity contribution in [2.24, 2.45) is 0 Å². The molecule has 110 valence electrons. The van der Waals surface area contributed by atoms with Crippen LogP contribution in [0, 0.1) is 6.92 Å². The van der Waals surface area contributed by atoms with Crippen molar-refractivity contribution in [3.05, 3.63) is 17.6 Å². The summed E-state index contributed by atoms with van der Waals surface area (Å²) < 4.78 is 32.1. The van der Waals surface area contributed by atoms with Gasteiger partial charge in [-0.2, -0.15) is 4.31 Å². The van der Waals surface area contributed by atoms with E-state index in [0.717, 1.165) is 6.42 Å². The molecular weight excluding hydrogens is 264 g/mol. The predicted molar refractivity (Wildman–Crippen MR) is 75.5 cm³/mol. The van der Waals surface area contributed by atoms with Crippen molar-refractivity contribution >= 4 is 10.0 Å². The maximum Gasteiger partial charge on any atom is 0.246 e. The minimum Gasteiger partial charge on any atom is -0.464 e. The van der Waals surface area contributed by atoms with E-state index < -0.39 is 15.6 Å². The second kappa shape index (κ2) is 5.64. The lowest BCUT2D eigenvalue weighted by Crippen LogP contribution is -2.44. The zero-order valence-corrected chi connectivity index (χ0v) is 13.4. The minimum atomic E-state index is -3.53. The van der Waals surface area contributed by atoms with Crippen molar-refractivity contribution in [2.45, 2.75) is 51.1 Å². The maximum absolute atomic E-state index is 12.6. The van der Waals surface area contributed by atoms with Crippen LogP contribution in [0.1, 0.15) is 38.7 Å². The smallest absolute Gasteiger partial charge is 0.246 e. The van der Waals surface area contributed by atoms with E-state index in [1.54, 1.807) is 27.1 Å². The molecule has 1 aromatic heterocycles. The first-order valence-electron chi connectivity index (χ1n) is 6.39. The van der Waals surface area contributed by atoms with Crippen molar-refractivity contribution in [1.82, 2.24) is 9.62 Å². The Hall–Kier alpha value is -0.850. The summed E-state index contributed by atoms with van der Waals surface area (Å²) in [6.07, 6.45) is 0.739. The molecule has 0 saturated heterocycles. The van der Waals surface area contributed by atoms with Gasteiger partial charge in [-0.05, 0) is 34.2 Å². The van der Waals surface area contributed by atoms with Crippen LogP contribution in [-0.4, -0.2) is 32.4 Å². The Bertz CT molecular complexity index is 532. The average Bonchev–Trinajstić information content (AvgIpc) is 2.70. The van der Waals surface area contributed by atoms with Crippen molar-refractivity contribution in [1.29, 1.82) is 0 Å². The highest BCUT2D eigenvalue weighted by atomic mass is 32.2. The first-order chi connectivity index (χ1) is 8.66. The zero-order valence-electron chi connectivity index (χ0n) is 12.6. The first kappa shape index (κ1) is 16.2. The van der Waals surface area contributed by atoms with Gasteiger partial charge in [-0.3, -0.25) is 0 Å². The van der Waals surface area contributed by atoms with E-state index in [0.29, 0.717) is 18.1 Å². The number of hydrogen-bond acceptors (Lipinski definition) is 4. The van der Waals surface area contributed by atoms with Gasteiger partial charge in [0.1, 0.15) is 16.4 Å². The van der Waals surface area contributed by atoms with Gasteiger partial charge in [0.05, 0.1) is 6.54 Å². The maximum atomic E-state index is 12.6. The zero-order chi connectivity index (χ0) is 14.8. The van der Waals surface area contributed by atoms with Crippen LogP contribution in [0.3, 0.4) is 0 Å². The summed E-state index contributed by atoms with van der Waals surface area (Å²) in [6.45, 7) is 7.99. The van der Waals surface area contributed by atoms with Crippen molar-refractivity contribution in [3.63, 3.8) is 0 Å². The molecule has 0 unspecified atom stereocenters. The molecule has 0 atom stereocenters. The van der Waals surface area contributed by atoms with Crippen molar-refractivity contribution in [3.8, 4) is 0 Å². The monoisotopic (exact) mass is 288 g/mol. The molecular formula is C13H24N2O3S. The largest absolute Gasteiger partial charge is 0.464 e. The third kappa shape index (κ3) is 3.19. The third-order valence-electron chi connectivity index (χ3n) is 3.63. The van der Waals surface area contributed by atoms with Crippen LogP contribution >= 0.6 is 0 Å². The molecule has 0 aliphatic heterocycles. The van der Waals surface area contributed by atoms with E-state index in [2.05, 4.69) is 5.32 Å². The Morgan fingerprint density at radius 3 is 2.47 bits per heavy atom. The summed E-state index contributed by atoms with van der Waals surface area (Å²) in [4.78, 5) is 0.252. The second-order valence-electron chi connectivity index (χ2n) is 5.30. The van der Waals surface area contributed by atoms with Gasteiger partial charge < -0.3 is 9.73 Å². The molecule has 0 amide bonds. The molecule has 0 aromatic carbocycles. The summed E-state index contributed by atoms with van der Waals surface area (Å²) >= 11 is 0. The van der Waals surface area contributed by atoms with Gasteiger partial charge in [-0.1, -0.05) is 6.92 Å². The number of sulfonamides is 1. The fraction of sp³-hybridized carbons (Fsp3) is 0.692. The van der Waals surface area contributed by atoms with E-state index in [4.69, 9.17) is 4.42 Å². The summed E-state index contributed by atoms with van der Waals surface area (Å²) in [7, 11) is -0.121. The van der Waals surface area contributed by atoms with Gasteiger partial charge in [0.2, 0.25) is 10.0 Å². The molecule has 0 bridgehead atoms. The molecule has 0 aliphatic carbocycles. The van der Waals surface area contributed by atoms with Crippen LogP contribution in [0.25, 0.3) is 0 Å². The van der Waals surface area contributed by atoms with Gasteiger partial charge >= 0.3 is 0 Å². The summed E-state index contributed by atoms with van der Waals surface area (Å²) in [5.74, 6) is 1.06. The molecule has 0 spiro atoms. The fourth-order valence-corrected chi connectivity index (χ4v) is 3.50. The predicted octanol–water partition coefficient (Wildman–Crippen LogP) is 2.12. The Morgan fingerprint density at radius 1 is 1.42 bits per heavy atom. The molecule has 0 radical (unpaired) electrons. The quantitative estimate of drug-likeness (QED) is 0.871. The van der Waals surface area contributed by atoms with Crippen LogP contribution in [0.4, 0.5) is 0 Å². The lowest BCUT2D eigenvalue weighted by atomic mass is 10.0. The Kier molecular flexibility index (Phi) is 4.81. The topological polar surface area (TPSA) is 62.6 Å². The SMILES string of the molecule is CCC(C)(C)N(C)S(=O)(=O)c1cc(CNC)oc1C. The van der Waals surface area contributed by atoms with Crippen LogP contribution in [0.2, 0.25) is 0 Å². The molecule has 6 heteroatoms. The molecule has 0 aliphatic rings. The molecule has 1 aromatic rings. The van der Waals surface area contributed by atoms with E-state index in [-0.39, 0.29) is 4.90 Å². The third-order valence-corrected chi connectivity index (χ3v) is 5.81. The number of rotatable bonds is 6. The number of nitrogens with one attached hydrogen (secondary N) is 1. The highest BCUT2D eigenvalue weighted by Gasteiger charge is 2.34. The molecule has 19 heavy (non-hydrogen) atoms. The van der Waals surface area contributed by atoms with Gasteiger partial charge in [0.25, 0.3) is 0 Å². The van der Waals surface area contributed by atoms with Gasteiger partial charge in [-0.15, -0.1) is 0 Å². The van der Waals surface area contributed by atoms with Crippen LogP contribution < -0.4 is 5.32 Å². The number of furan rings is 1. The Balaban J connectivity index is 3.20. The second-order valence-corrected chi connectivity index (χ2v) is 7.24. The molecule has 1 N–H and O–H groups in total. The highest BCUT2D eigenvalue weighted by Crippen LogP contribution is 2.28. The number of hydrogen-bond donors (Lipinski definition) is 1. The fourth-order valence-electron chi connectivity index (χ4n) is 1.74. The van der Waals surface area contributed by atoms with E-state index in [1.165, 1.54) is 4.31 Å². The normalized spacial score (nSPS) is 13.2. The Labute approximate surface area is 116 Å². The van der Waals surface area contributed by atoms with Gasteiger partial charge in [0.15, 0.2) is 0 Å². The summed E-state index contributed by atoms with van der Waals surface area (Å²) in [6, 6.07) is 1.60. The van der Waals surface area contributed by atoms with E-state index >= 15 is 0 Å². The highest BCUT2D eigenvalue weighted by molar-refractivity contribution is 7.89. The molecule has 1 rings (SSSR count). The lowest BCUT2D eigenvalue weighted by Gasteiger charge is -2.33. The van der Waals surface area contributed by atoms with Crippen LogP contribution in [0.5, 0.6) is 0 Å². The molecule has 5 nitrogen and oxygen atoms in total. The standard InChI is InChI=1S/C13H24N2O3S/c1-7-13(3,4)15(6)19(16,17)12-8-11(9-14-5)18-10(12)2/h8,14H,7,9H2,1-6H3. The average molecular weight is 288 g/mol. The summed E-state index contributed by atoms with van der Waals surface area (Å²) in [5, 5.41) is 2.94. The minimum absolute atomic E-state index is 0.252. The Morgan fingerprint density at radius 2 is 2.00 bits per heavy atom. The van der Waals surface area contributed by atoms with Crippen molar-refractivity contribution < 1.29 is 12.8 Å². The van der Waals surface area contributed by atoms with Crippen LogP contribution in [0.15, 0.2) is 15.4 Å². The summed E-state index contributed by atoms with van der Waals surface area (Å²) in [5.41, 5.74) is -0.425. The molecule has 0 saturated carbocycles. The van der Waals surface area contributed by atoms with E-state index in [9.17, 15) is 8.42 Å². The van der Waals surface area contributed by atoms with Crippen LogP contribution in [-0.2, 0) is 16.6 Å². The number of aryl methyl sites for hydroxylation is 1. The number of nitrogens with zero attached hydrogens (tertiary/aromatic N) is 1. The van der Waals surface area contributed by atoms with E-state index in [1.807, 2.05) is 20.8 Å². The van der Waals surface area contributed by atoms with Gasteiger partial charge in [0, 0.05) is 18.7 Å². The molecule has 0 fully saturated rings. The van der Waals surface area contributed by atoms with Gasteiger partial charge in [-0.25, -0.2) is 8.42 Å². The van der Waals surface area contributed by atoms with Crippen molar-refractivity contribution in [2.75, 3.05) is 14.1 Å². The molecule has 1 heterocycles.